The van der Waals surface area contributed by atoms with Crippen molar-refractivity contribution in [2.75, 3.05) is 19.6 Å². The molecule has 1 aliphatic heterocycles. The Labute approximate surface area is 139 Å². The molecule has 1 aliphatic rings. The Bertz CT molecular complexity index is 616. The van der Waals surface area contributed by atoms with Gasteiger partial charge in [0.05, 0.1) is 0 Å². The molecule has 0 bridgehead atoms. The van der Waals surface area contributed by atoms with Gasteiger partial charge < -0.3 is 9.47 Å². The third kappa shape index (κ3) is 3.47. The quantitative estimate of drug-likeness (QED) is 0.810. The minimum atomic E-state index is 0.530. The van der Waals surface area contributed by atoms with Crippen molar-refractivity contribution in [2.45, 2.75) is 46.1 Å². The lowest BCUT2D eigenvalue weighted by Crippen LogP contribution is -2.27. The Hall–Kier alpha value is -1.68. The molecule has 4 nitrogen and oxygen atoms in total. The van der Waals surface area contributed by atoms with Gasteiger partial charge in [-0.2, -0.15) is 0 Å². The summed E-state index contributed by atoms with van der Waals surface area (Å²) in [5.74, 6) is 1.89. The fourth-order valence-electron chi connectivity index (χ4n) is 3.72. The van der Waals surface area contributed by atoms with Gasteiger partial charge >= 0.3 is 0 Å². The molecule has 0 aromatic carbocycles. The Morgan fingerprint density at radius 2 is 2.09 bits per heavy atom. The molecular weight excluding hydrogens is 284 g/mol. The van der Waals surface area contributed by atoms with Crippen molar-refractivity contribution in [1.82, 2.24) is 19.4 Å². The van der Waals surface area contributed by atoms with E-state index in [2.05, 4.69) is 46.3 Å². The van der Waals surface area contributed by atoms with E-state index in [1.807, 2.05) is 24.7 Å². The lowest BCUT2D eigenvalue weighted by molar-refractivity contribution is 0.260. The third-order valence-corrected chi connectivity index (χ3v) is 5.19. The molecule has 0 amide bonds. The van der Waals surface area contributed by atoms with Gasteiger partial charge in [0.15, 0.2) is 0 Å². The largest absolute Gasteiger partial charge is 0.324 e. The third-order valence-electron chi connectivity index (χ3n) is 5.19. The molecule has 1 atom stereocenters. The Morgan fingerprint density at radius 3 is 2.78 bits per heavy atom. The van der Waals surface area contributed by atoms with Crippen LogP contribution in [0.25, 0.3) is 11.4 Å². The van der Waals surface area contributed by atoms with E-state index in [1.54, 1.807) is 0 Å². The summed E-state index contributed by atoms with van der Waals surface area (Å²) >= 11 is 0. The van der Waals surface area contributed by atoms with Crippen LogP contribution in [0.5, 0.6) is 0 Å². The number of aromatic nitrogens is 3. The molecule has 0 saturated carbocycles. The minimum absolute atomic E-state index is 0.530. The van der Waals surface area contributed by atoms with Crippen molar-refractivity contribution in [3.63, 3.8) is 0 Å². The lowest BCUT2D eigenvalue weighted by Gasteiger charge is -2.23. The number of nitrogens with zero attached hydrogens (tertiary/aromatic N) is 4. The van der Waals surface area contributed by atoms with Crippen LogP contribution in [0.3, 0.4) is 0 Å². The average Bonchev–Trinajstić information content (AvgIpc) is 3.19. The number of aryl methyl sites for hydroxylation is 1. The molecule has 0 spiro atoms. The summed E-state index contributed by atoms with van der Waals surface area (Å²) in [6.45, 7) is 10.4. The zero-order chi connectivity index (χ0) is 16.2. The maximum atomic E-state index is 4.65. The summed E-state index contributed by atoms with van der Waals surface area (Å²) in [5, 5.41) is 0. The van der Waals surface area contributed by atoms with Crippen LogP contribution >= 0.6 is 0 Å². The molecule has 2 aromatic heterocycles. The van der Waals surface area contributed by atoms with E-state index in [4.69, 9.17) is 0 Å². The standard InChI is InChI=1S/C19H28N4/c1-4-16(5-2)13-22-10-8-18(14-22)23-15(3)11-21-19(23)17-7-6-9-20-12-17/h6-7,9,11-12,16,18H,4-5,8,10,13-14H2,1-3H3. The van der Waals surface area contributed by atoms with Gasteiger partial charge in [-0.25, -0.2) is 4.98 Å². The molecule has 0 radical (unpaired) electrons. The summed E-state index contributed by atoms with van der Waals surface area (Å²) in [7, 11) is 0. The van der Waals surface area contributed by atoms with Gasteiger partial charge in [0.2, 0.25) is 0 Å². The second-order valence-corrected chi connectivity index (χ2v) is 6.72. The highest BCUT2D eigenvalue weighted by atomic mass is 15.2. The summed E-state index contributed by atoms with van der Waals surface area (Å²) in [6, 6.07) is 4.61. The van der Waals surface area contributed by atoms with Crippen LogP contribution < -0.4 is 0 Å². The van der Waals surface area contributed by atoms with E-state index in [-0.39, 0.29) is 0 Å². The molecule has 1 unspecified atom stereocenters. The molecule has 124 valence electrons. The van der Waals surface area contributed by atoms with Gasteiger partial charge in [0.25, 0.3) is 0 Å². The molecule has 3 rings (SSSR count). The van der Waals surface area contributed by atoms with E-state index < -0.39 is 0 Å². The fourth-order valence-corrected chi connectivity index (χ4v) is 3.72. The van der Waals surface area contributed by atoms with Crippen molar-refractivity contribution in [2.24, 2.45) is 5.92 Å². The number of likely N-dealkylation sites (tertiary alicyclic amines) is 1. The summed E-state index contributed by atoms with van der Waals surface area (Å²) in [4.78, 5) is 11.5. The summed E-state index contributed by atoms with van der Waals surface area (Å²) < 4.78 is 2.42. The number of rotatable bonds is 6. The van der Waals surface area contributed by atoms with Gasteiger partial charge in [-0.15, -0.1) is 0 Å². The van der Waals surface area contributed by atoms with Crippen LogP contribution in [0.4, 0.5) is 0 Å². The van der Waals surface area contributed by atoms with Crippen molar-refractivity contribution >= 4 is 0 Å². The number of hydrogen-bond acceptors (Lipinski definition) is 3. The minimum Gasteiger partial charge on any atom is -0.324 e. The van der Waals surface area contributed by atoms with Gasteiger partial charge in [-0.05, 0) is 31.4 Å². The van der Waals surface area contributed by atoms with Crippen LogP contribution in [0.2, 0.25) is 0 Å². The van der Waals surface area contributed by atoms with Crippen molar-refractivity contribution < 1.29 is 0 Å². The first-order chi connectivity index (χ1) is 11.2. The van der Waals surface area contributed by atoms with E-state index >= 15 is 0 Å². The Morgan fingerprint density at radius 1 is 1.26 bits per heavy atom. The highest BCUT2D eigenvalue weighted by Crippen LogP contribution is 2.30. The smallest absolute Gasteiger partial charge is 0.141 e. The van der Waals surface area contributed by atoms with E-state index in [9.17, 15) is 0 Å². The predicted octanol–water partition coefficient (Wildman–Crippen LogP) is 3.94. The van der Waals surface area contributed by atoms with Crippen LogP contribution in [0.1, 0.15) is 44.8 Å². The first kappa shape index (κ1) is 16.2. The zero-order valence-corrected chi connectivity index (χ0v) is 14.6. The summed E-state index contributed by atoms with van der Waals surface area (Å²) in [5.41, 5.74) is 2.36. The van der Waals surface area contributed by atoms with Gasteiger partial charge in [-0.1, -0.05) is 26.7 Å². The predicted molar refractivity (Wildman–Crippen MR) is 94.4 cm³/mol. The molecule has 0 N–H and O–H groups in total. The monoisotopic (exact) mass is 312 g/mol. The van der Waals surface area contributed by atoms with Gasteiger partial charge in [0, 0.05) is 55.5 Å². The van der Waals surface area contributed by atoms with Crippen LogP contribution in [0.15, 0.2) is 30.7 Å². The van der Waals surface area contributed by atoms with E-state index in [1.165, 1.54) is 38.0 Å². The maximum absolute atomic E-state index is 4.65. The lowest BCUT2D eigenvalue weighted by atomic mass is 10.0. The molecule has 1 fully saturated rings. The van der Waals surface area contributed by atoms with Crippen molar-refractivity contribution in [1.29, 1.82) is 0 Å². The normalized spacial score (nSPS) is 18.9. The number of imidazole rings is 1. The van der Waals surface area contributed by atoms with Crippen molar-refractivity contribution in [3.05, 3.63) is 36.4 Å². The van der Waals surface area contributed by atoms with E-state index in [0.29, 0.717) is 6.04 Å². The second-order valence-electron chi connectivity index (χ2n) is 6.72. The summed E-state index contributed by atoms with van der Waals surface area (Å²) in [6.07, 6.45) is 9.49. The van der Waals surface area contributed by atoms with Crippen LogP contribution in [-0.4, -0.2) is 39.1 Å². The average molecular weight is 312 g/mol. The molecule has 3 heterocycles. The topological polar surface area (TPSA) is 34.0 Å². The molecule has 1 saturated heterocycles. The maximum Gasteiger partial charge on any atom is 0.141 e. The molecule has 0 aliphatic carbocycles. The molecule has 23 heavy (non-hydrogen) atoms. The SMILES string of the molecule is CCC(CC)CN1CCC(n2c(C)cnc2-c2cccnc2)C1. The number of hydrogen-bond donors (Lipinski definition) is 0. The number of pyridine rings is 1. The van der Waals surface area contributed by atoms with Gasteiger partial charge in [-0.3, -0.25) is 4.98 Å². The fraction of sp³-hybridized carbons (Fsp3) is 0.579. The molecule has 2 aromatic rings. The molecular formula is C19H28N4. The second kappa shape index (κ2) is 7.26. The highest BCUT2D eigenvalue weighted by molar-refractivity contribution is 5.54. The Balaban J connectivity index is 1.77. The molecule has 4 heteroatoms. The van der Waals surface area contributed by atoms with Crippen LogP contribution in [-0.2, 0) is 0 Å². The highest BCUT2D eigenvalue weighted by Gasteiger charge is 2.27. The zero-order valence-electron chi connectivity index (χ0n) is 14.6. The van der Waals surface area contributed by atoms with Gasteiger partial charge in [0.1, 0.15) is 5.82 Å². The first-order valence-electron chi connectivity index (χ1n) is 8.89. The van der Waals surface area contributed by atoms with Crippen molar-refractivity contribution in [3.8, 4) is 11.4 Å². The first-order valence-corrected chi connectivity index (χ1v) is 8.89. The Kier molecular flexibility index (Phi) is 5.11. The van der Waals surface area contributed by atoms with E-state index in [0.717, 1.165) is 23.9 Å². The van der Waals surface area contributed by atoms with Crippen LogP contribution in [0, 0.1) is 12.8 Å².